The maximum absolute atomic E-state index is 14.9. The molecule has 2 fully saturated rings. The number of nitrogens with two attached hydrogens (primary N) is 1. The lowest BCUT2D eigenvalue weighted by atomic mass is 9.88. The van der Waals surface area contributed by atoms with Crippen molar-refractivity contribution in [1.29, 1.82) is 0 Å². The number of nitrogens with zero attached hydrogens (tertiary/aromatic N) is 3. The summed E-state index contributed by atoms with van der Waals surface area (Å²) in [5.41, 5.74) is 5.82. The maximum atomic E-state index is 14.9. The Kier molecular flexibility index (Phi) is 5.31. The van der Waals surface area contributed by atoms with Gasteiger partial charge in [0.2, 0.25) is 0 Å². The molecule has 14 heteroatoms. The van der Waals surface area contributed by atoms with E-state index < -0.39 is 32.5 Å². The topological polar surface area (TPSA) is 97.1 Å². The Morgan fingerprint density at radius 2 is 1.86 bits per heavy atom. The molecule has 0 aliphatic carbocycles. The van der Waals surface area contributed by atoms with Crippen LogP contribution in [0.5, 0.6) is 0 Å². The normalized spacial score (nSPS) is 21.5. The van der Waals surface area contributed by atoms with Crippen molar-refractivity contribution in [3.63, 3.8) is 0 Å². The molecule has 3 N–H and O–H groups in total. The van der Waals surface area contributed by atoms with Gasteiger partial charge in [0.15, 0.2) is 5.65 Å². The fourth-order valence-electron chi connectivity index (χ4n) is 4.83. The summed E-state index contributed by atoms with van der Waals surface area (Å²) < 4.78 is 85.8. The van der Waals surface area contributed by atoms with Crippen LogP contribution in [0.25, 0.3) is 11.2 Å². The van der Waals surface area contributed by atoms with Crippen LogP contribution in [0.2, 0.25) is 0 Å². The largest absolute Gasteiger partial charge is 0.398 e. The van der Waals surface area contributed by atoms with Gasteiger partial charge in [-0.05, 0) is 49.8 Å². The van der Waals surface area contributed by atoms with Crippen molar-refractivity contribution in [3.05, 3.63) is 47.2 Å². The molecule has 4 heterocycles. The molecule has 2 aliphatic heterocycles. The third-order valence-corrected chi connectivity index (χ3v) is 7.80. The molecule has 1 atom stereocenters. The van der Waals surface area contributed by atoms with Gasteiger partial charge in [-0.25, -0.2) is 14.4 Å². The number of rotatable bonds is 4. The van der Waals surface area contributed by atoms with Gasteiger partial charge in [-0.3, -0.25) is 4.79 Å². The number of halogens is 6. The quantitative estimate of drug-likeness (QED) is 0.306. The number of carbonyl (C=O) groups is 1. The first-order chi connectivity index (χ1) is 16.7. The second-order valence-electron chi connectivity index (χ2n) is 9.13. The highest BCUT2D eigenvalue weighted by Gasteiger charge is 2.65. The zero-order chi connectivity index (χ0) is 25.9. The molecule has 0 radical (unpaired) electrons. The summed E-state index contributed by atoms with van der Waals surface area (Å²) in [6, 6.07) is 0.930. The Morgan fingerprint density at radius 1 is 1.14 bits per heavy atom. The summed E-state index contributed by atoms with van der Waals surface area (Å²) in [6.45, 7) is 0.959. The fourth-order valence-corrected chi connectivity index (χ4v) is 5.51. The molecular formula is C22H23F6N5O2S. The van der Waals surface area contributed by atoms with E-state index in [1.807, 2.05) is 0 Å². The minimum Gasteiger partial charge on any atom is -0.398 e. The first-order valence-electron chi connectivity index (χ1n) is 11.3. The summed E-state index contributed by atoms with van der Waals surface area (Å²) in [7, 11) is -9.92. The summed E-state index contributed by atoms with van der Waals surface area (Å²) in [5.74, 6) is -0.877. The van der Waals surface area contributed by atoms with E-state index in [4.69, 9.17) is 10.5 Å². The van der Waals surface area contributed by atoms with Crippen LogP contribution >= 0.6 is 10.2 Å². The van der Waals surface area contributed by atoms with Crippen LogP contribution in [-0.4, -0.2) is 45.5 Å². The number of imidazole rings is 1. The van der Waals surface area contributed by atoms with Crippen molar-refractivity contribution >= 4 is 33.0 Å². The number of H-pyrrole nitrogens is 1. The molecule has 2 aliphatic rings. The van der Waals surface area contributed by atoms with Crippen molar-refractivity contribution in [2.75, 3.05) is 25.4 Å². The first kappa shape index (κ1) is 24.7. The van der Waals surface area contributed by atoms with Gasteiger partial charge in [-0.2, -0.15) is 0 Å². The molecule has 196 valence electrons. The zero-order valence-electron chi connectivity index (χ0n) is 18.8. The van der Waals surface area contributed by atoms with Crippen LogP contribution in [0.1, 0.15) is 59.5 Å². The molecule has 2 aromatic heterocycles. The molecule has 5 rings (SSSR count). The van der Waals surface area contributed by atoms with Crippen LogP contribution < -0.4 is 5.73 Å². The van der Waals surface area contributed by atoms with Crippen molar-refractivity contribution in [3.8, 4) is 0 Å². The number of anilines is 1. The van der Waals surface area contributed by atoms with E-state index in [-0.39, 0.29) is 42.8 Å². The summed E-state index contributed by atoms with van der Waals surface area (Å²) >= 11 is 0. The molecule has 0 saturated carbocycles. The van der Waals surface area contributed by atoms with E-state index in [2.05, 4.69) is 15.0 Å². The summed E-state index contributed by atoms with van der Waals surface area (Å²) in [5, 5.41) is 0. The Hall–Kier alpha value is -3.00. The van der Waals surface area contributed by atoms with Crippen LogP contribution in [0.3, 0.4) is 0 Å². The van der Waals surface area contributed by atoms with Crippen molar-refractivity contribution in [2.24, 2.45) is 0 Å². The second-order valence-corrected chi connectivity index (χ2v) is 11.5. The molecule has 7 nitrogen and oxygen atoms in total. The number of nitrogen functional groups attached to an aromatic ring is 1. The van der Waals surface area contributed by atoms with Crippen LogP contribution in [0.4, 0.5) is 29.5 Å². The fraction of sp³-hybridized carbons (Fsp3) is 0.409. The number of piperidine rings is 1. The van der Waals surface area contributed by atoms with E-state index in [1.165, 1.54) is 4.90 Å². The van der Waals surface area contributed by atoms with Crippen molar-refractivity contribution < 1.29 is 33.4 Å². The summed E-state index contributed by atoms with van der Waals surface area (Å²) in [4.78, 5) is 23.8. The van der Waals surface area contributed by atoms with E-state index >= 15 is 0 Å². The molecule has 1 aromatic carbocycles. The van der Waals surface area contributed by atoms with Gasteiger partial charge >= 0.3 is 10.2 Å². The van der Waals surface area contributed by atoms with Gasteiger partial charge in [0.05, 0.1) is 17.3 Å². The lowest BCUT2D eigenvalue weighted by molar-refractivity contribution is 0.0713. The number of fused-ring (bicyclic) bond motifs is 1. The van der Waals surface area contributed by atoms with Crippen LogP contribution in [-0.2, 0) is 4.74 Å². The highest BCUT2D eigenvalue weighted by Crippen LogP contribution is 3.02. The Morgan fingerprint density at radius 3 is 2.47 bits per heavy atom. The van der Waals surface area contributed by atoms with E-state index in [0.29, 0.717) is 48.1 Å². The Bertz CT molecular complexity index is 1350. The number of nitrogens with one attached hydrogen (secondary N) is 1. The van der Waals surface area contributed by atoms with Gasteiger partial charge < -0.3 is 20.4 Å². The van der Waals surface area contributed by atoms with Gasteiger partial charge in [0.25, 0.3) is 5.91 Å². The third kappa shape index (κ3) is 4.59. The van der Waals surface area contributed by atoms with Gasteiger partial charge in [0, 0.05) is 30.9 Å². The number of pyridine rings is 1. The molecular weight excluding hydrogens is 512 g/mol. The molecule has 3 aromatic rings. The molecule has 1 amide bonds. The first-order valence-corrected chi connectivity index (χ1v) is 13.2. The van der Waals surface area contributed by atoms with E-state index in [0.717, 1.165) is 19.0 Å². The zero-order valence-corrected chi connectivity index (χ0v) is 19.6. The summed E-state index contributed by atoms with van der Waals surface area (Å²) in [6.07, 6.45) is 3.32. The van der Waals surface area contributed by atoms with Gasteiger partial charge in [-0.15, -0.1) is 0 Å². The van der Waals surface area contributed by atoms with Crippen molar-refractivity contribution in [1.82, 2.24) is 19.9 Å². The van der Waals surface area contributed by atoms with Gasteiger partial charge in [0.1, 0.15) is 22.6 Å². The Labute approximate surface area is 201 Å². The lowest BCUT2D eigenvalue weighted by Gasteiger charge is -2.40. The number of aromatic nitrogens is 3. The third-order valence-electron chi connectivity index (χ3n) is 6.65. The number of aromatic amines is 1. The molecule has 2 saturated heterocycles. The highest BCUT2D eigenvalue weighted by atomic mass is 32.5. The maximum Gasteiger partial charge on any atom is 0.310 e. The second kappa shape index (κ2) is 7.75. The smallest absolute Gasteiger partial charge is 0.310 e. The number of likely N-dealkylation sites (tertiary alicyclic amines) is 1. The number of amides is 1. The standard InChI is InChI=1S/C22H23F6N5O2S/c23-15-11-30-21-19(31-20(32-21)17-2-1-9-35-17)18(15)12-5-7-33(8-6-12)22(34)14-4-3-13(10-16(14)29)36(24,25,26,27)28/h3-4,10-12,17H,1-2,5-9,29H2,(H,30,31,32)/t17-/m1/s1. The number of hydrogen-bond acceptors (Lipinski definition) is 5. The number of benzene rings is 1. The van der Waals surface area contributed by atoms with Gasteiger partial charge in [-0.1, -0.05) is 19.4 Å². The van der Waals surface area contributed by atoms with E-state index in [1.54, 1.807) is 0 Å². The number of ether oxygens (including phenoxy) is 1. The van der Waals surface area contributed by atoms with Crippen molar-refractivity contribution in [2.45, 2.75) is 42.6 Å². The van der Waals surface area contributed by atoms with E-state index in [9.17, 15) is 28.6 Å². The molecule has 0 unspecified atom stereocenters. The average molecular weight is 536 g/mol. The highest BCUT2D eigenvalue weighted by molar-refractivity contribution is 8.45. The SMILES string of the molecule is Nc1cc(S(F)(F)(F)(F)F)ccc1C(=O)N1CCC(c2c(F)cnc3nc([C@H]4CCCO4)[nH]c23)CC1. The minimum atomic E-state index is -9.92. The molecule has 0 spiro atoms. The minimum absolute atomic E-state index is 0.0918. The number of carbonyl (C=O) groups excluding carboxylic acids is 1. The predicted molar refractivity (Wildman–Crippen MR) is 122 cm³/mol. The Balaban J connectivity index is 1.34. The number of hydrogen-bond donors (Lipinski definition) is 2. The monoisotopic (exact) mass is 535 g/mol. The van der Waals surface area contributed by atoms with Crippen LogP contribution in [0, 0.1) is 5.82 Å². The lowest BCUT2D eigenvalue weighted by Crippen LogP contribution is -2.38. The predicted octanol–water partition coefficient (Wildman–Crippen LogP) is 6.21. The molecule has 0 bridgehead atoms. The average Bonchev–Trinajstić information content (AvgIpc) is 3.47. The molecule has 36 heavy (non-hydrogen) atoms. The van der Waals surface area contributed by atoms with Crippen LogP contribution in [0.15, 0.2) is 29.3 Å².